The number of sulfone groups is 1. The van der Waals surface area contributed by atoms with Crippen molar-refractivity contribution in [3.63, 3.8) is 0 Å². The van der Waals surface area contributed by atoms with E-state index in [2.05, 4.69) is 4.98 Å². The Bertz CT molecular complexity index is 1690. The first-order chi connectivity index (χ1) is 17.1. The van der Waals surface area contributed by atoms with Gasteiger partial charge >= 0.3 is 0 Å². The van der Waals surface area contributed by atoms with Crippen molar-refractivity contribution in [2.45, 2.75) is 38.5 Å². The number of hydrogen-bond acceptors (Lipinski definition) is 6. The van der Waals surface area contributed by atoms with Crippen LogP contribution in [0.5, 0.6) is 11.6 Å². The Labute approximate surface area is 209 Å². The van der Waals surface area contributed by atoms with Gasteiger partial charge < -0.3 is 4.74 Å². The summed E-state index contributed by atoms with van der Waals surface area (Å²) in [6.07, 6.45) is 2.57. The second kappa shape index (κ2) is 9.80. The van der Waals surface area contributed by atoms with E-state index >= 15 is 0 Å². The quantitative estimate of drug-likeness (QED) is 0.322. The van der Waals surface area contributed by atoms with Crippen LogP contribution in [0.2, 0.25) is 0 Å². The molecule has 7 nitrogen and oxygen atoms in total. The fourth-order valence-corrected chi connectivity index (χ4v) is 4.88. The third kappa shape index (κ3) is 4.79. The lowest BCUT2D eigenvalue weighted by Crippen LogP contribution is -2.19. The van der Waals surface area contributed by atoms with Gasteiger partial charge in [-0.2, -0.15) is 10.2 Å². The molecule has 4 aromatic rings. The van der Waals surface area contributed by atoms with E-state index in [1.807, 2.05) is 45.9 Å². The highest BCUT2D eigenvalue weighted by atomic mass is 32.2. The fourth-order valence-electron chi connectivity index (χ4n) is 3.74. The highest BCUT2D eigenvalue weighted by Crippen LogP contribution is 2.33. The first-order valence-electron chi connectivity index (χ1n) is 11.3. The number of nitrogens with zero attached hydrogens (tertiary/aromatic N) is 3. The van der Waals surface area contributed by atoms with E-state index in [9.17, 15) is 18.5 Å². The molecule has 36 heavy (non-hydrogen) atoms. The minimum atomic E-state index is -4.19. The van der Waals surface area contributed by atoms with Gasteiger partial charge in [-0.05, 0) is 67.3 Å². The number of ether oxygens (including phenoxy) is 1. The maximum absolute atomic E-state index is 13.5. The van der Waals surface area contributed by atoms with Crippen molar-refractivity contribution < 1.29 is 13.2 Å². The zero-order chi connectivity index (χ0) is 26.0. The van der Waals surface area contributed by atoms with Gasteiger partial charge in [0.1, 0.15) is 27.9 Å². The van der Waals surface area contributed by atoms with Crippen LogP contribution in [0.3, 0.4) is 0 Å². The van der Waals surface area contributed by atoms with Gasteiger partial charge in [-0.25, -0.2) is 8.42 Å². The molecule has 0 unspecified atom stereocenters. The molecule has 182 valence electrons. The molecule has 0 bridgehead atoms. The molecule has 0 aliphatic carbocycles. The zero-order valence-electron chi connectivity index (χ0n) is 20.4. The predicted molar refractivity (Wildman–Crippen MR) is 139 cm³/mol. The van der Waals surface area contributed by atoms with Gasteiger partial charge in [-0.3, -0.25) is 9.20 Å². The summed E-state index contributed by atoms with van der Waals surface area (Å²) in [5, 5.41) is 9.81. The normalized spacial score (nSPS) is 12.1. The number of aromatic nitrogens is 2. The van der Waals surface area contributed by atoms with Crippen LogP contribution in [0.25, 0.3) is 11.7 Å². The number of nitriles is 1. The van der Waals surface area contributed by atoms with Crippen molar-refractivity contribution in [1.82, 2.24) is 9.38 Å². The Morgan fingerprint density at radius 3 is 2.42 bits per heavy atom. The van der Waals surface area contributed by atoms with Crippen LogP contribution in [0, 0.1) is 25.2 Å². The van der Waals surface area contributed by atoms with E-state index in [-0.39, 0.29) is 22.3 Å². The van der Waals surface area contributed by atoms with Crippen LogP contribution in [0.1, 0.15) is 42.0 Å². The Hall–Kier alpha value is -4.22. The van der Waals surface area contributed by atoms with Crippen molar-refractivity contribution in [1.29, 1.82) is 5.26 Å². The largest absolute Gasteiger partial charge is 0.438 e. The number of allylic oxidation sites excluding steroid dienone is 1. The monoisotopic (exact) mass is 499 g/mol. The number of benzene rings is 2. The van der Waals surface area contributed by atoms with Crippen LogP contribution < -0.4 is 10.3 Å². The van der Waals surface area contributed by atoms with Gasteiger partial charge in [-0.1, -0.05) is 49.7 Å². The molecule has 0 saturated heterocycles. The van der Waals surface area contributed by atoms with Crippen molar-refractivity contribution in [3.8, 4) is 17.7 Å². The third-order valence-corrected chi connectivity index (χ3v) is 7.42. The molecule has 0 spiro atoms. The molecule has 0 amide bonds. The van der Waals surface area contributed by atoms with Crippen molar-refractivity contribution in [2.75, 3.05) is 0 Å². The minimum Gasteiger partial charge on any atom is -0.438 e. The molecule has 0 saturated carbocycles. The summed E-state index contributed by atoms with van der Waals surface area (Å²) in [7, 11) is -4.19. The zero-order valence-corrected chi connectivity index (χ0v) is 21.2. The number of aryl methyl sites for hydroxylation is 2. The molecule has 0 atom stereocenters. The average molecular weight is 500 g/mol. The van der Waals surface area contributed by atoms with E-state index in [1.54, 1.807) is 36.4 Å². The summed E-state index contributed by atoms with van der Waals surface area (Å²) in [5.41, 5.74) is 2.36. The molecule has 2 aromatic heterocycles. The van der Waals surface area contributed by atoms with Gasteiger partial charge in [0.2, 0.25) is 15.7 Å². The van der Waals surface area contributed by atoms with Gasteiger partial charge in [-0.15, -0.1) is 0 Å². The number of hydrogen-bond donors (Lipinski definition) is 0. The lowest BCUT2D eigenvalue weighted by molar-refractivity contribution is 0.452. The molecule has 0 radical (unpaired) electrons. The molecular weight excluding hydrogens is 474 g/mol. The maximum Gasteiger partial charge on any atom is 0.269 e. The summed E-state index contributed by atoms with van der Waals surface area (Å²) in [5.74, 6) is 0.551. The molecule has 0 N–H and O–H groups in total. The smallest absolute Gasteiger partial charge is 0.269 e. The van der Waals surface area contributed by atoms with Crippen molar-refractivity contribution >= 4 is 21.6 Å². The maximum atomic E-state index is 13.5. The Morgan fingerprint density at radius 2 is 1.75 bits per heavy atom. The Kier molecular flexibility index (Phi) is 6.77. The number of fused-ring (bicyclic) bond motifs is 1. The van der Waals surface area contributed by atoms with Crippen LogP contribution in [0.4, 0.5) is 0 Å². The average Bonchev–Trinajstić information content (AvgIpc) is 2.84. The number of pyridine rings is 1. The molecular formula is C28H25N3O4S. The SMILES string of the molecule is Cc1ccc(S(=O)(=O)C(C#N)=Cc2c(Oc3cc(C)ccc3C(C)C)nc3ccccn3c2=O)cc1. The predicted octanol–water partition coefficient (Wildman–Crippen LogP) is 5.57. The van der Waals surface area contributed by atoms with Gasteiger partial charge in [0.15, 0.2) is 0 Å². The molecule has 0 aliphatic heterocycles. The van der Waals surface area contributed by atoms with E-state index in [1.165, 1.54) is 22.7 Å². The Balaban J connectivity index is 1.96. The summed E-state index contributed by atoms with van der Waals surface area (Å²) < 4.78 is 34.0. The van der Waals surface area contributed by atoms with Crippen LogP contribution in [-0.4, -0.2) is 17.8 Å². The van der Waals surface area contributed by atoms with Gasteiger partial charge in [0, 0.05) is 6.20 Å². The lowest BCUT2D eigenvalue weighted by atomic mass is 10.0. The van der Waals surface area contributed by atoms with Crippen LogP contribution >= 0.6 is 0 Å². The summed E-state index contributed by atoms with van der Waals surface area (Å²) in [6.45, 7) is 7.79. The highest BCUT2D eigenvalue weighted by molar-refractivity contribution is 7.95. The standard InChI is InChI=1S/C28H25N3O4S/c1-18(2)23-13-10-20(4)15-25(23)35-27-24(28(32)31-14-6-5-7-26(31)30-27)16-22(17-29)36(33,34)21-11-8-19(3)9-12-21/h5-16,18H,1-4H3. The summed E-state index contributed by atoms with van der Waals surface area (Å²) >= 11 is 0. The molecule has 2 heterocycles. The Morgan fingerprint density at radius 1 is 1.06 bits per heavy atom. The second-order valence-corrected chi connectivity index (χ2v) is 10.7. The van der Waals surface area contributed by atoms with E-state index in [0.717, 1.165) is 22.8 Å². The van der Waals surface area contributed by atoms with Crippen LogP contribution in [-0.2, 0) is 9.84 Å². The first-order valence-corrected chi connectivity index (χ1v) is 12.8. The van der Waals surface area contributed by atoms with Crippen molar-refractivity contribution in [2.24, 2.45) is 0 Å². The minimum absolute atomic E-state index is 0.0435. The third-order valence-electron chi connectivity index (χ3n) is 5.74. The summed E-state index contributed by atoms with van der Waals surface area (Å²) in [4.78, 5) is 17.4. The van der Waals surface area contributed by atoms with Gasteiger partial charge in [0.05, 0.1) is 4.90 Å². The van der Waals surface area contributed by atoms with E-state index in [0.29, 0.717) is 11.4 Å². The van der Waals surface area contributed by atoms with E-state index in [4.69, 9.17) is 4.74 Å². The fraction of sp³-hybridized carbons (Fsp3) is 0.179. The van der Waals surface area contributed by atoms with Crippen LogP contribution in [0.15, 0.2) is 81.5 Å². The molecule has 8 heteroatoms. The first kappa shape index (κ1) is 24.9. The molecule has 0 fully saturated rings. The molecule has 4 rings (SSSR count). The highest BCUT2D eigenvalue weighted by Gasteiger charge is 2.24. The number of rotatable bonds is 6. The van der Waals surface area contributed by atoms with Gasteiger partial charge in [0.25, 0.3) is 5.56 Å². The van der Waals surface area contributed by atoms with Crippen molar-refractivity contribution in [3.05, 3.63) is 104 Å². The topological polar surface area (TPSA) is 102 Å². The second-order valence-electron chi connectivity index (χ2n) is 8.80. The van der Waals surface area contributed by atoms with E-state index < -0.39 is 20.3 Å². The molecule has 0 aliphatic rings. The molecule has 2 aromatic carbocycles. The lowest BCUT2D eigenvalue weighted by Gasteiger charge is -2.16. The summed E-state index contributed by atoms with van der Waals surface area (Å²) in [6, 6.07) is 18.7.